The second-order valence-electron chi connectivity index (χ2n) is 7.06. The summed E-state index contributed by atoms with van der Waals surface area (Å²) in [4.78, 5) is 14.0. The number of rotatable bonds is 1. The molecule has 5 heteroatoms. The second-order valence-corrected chi connectivity index (χ2v) is 7.06. The Morgan fingerprint density at radius 3 is 2.64 bits per heavy atom. The van der Waals surface area contributed by atoms with E-state index in [0.29, 0.717) is 18.2 Å². The summed E-state index contributed by atoms with van der Waals surface area (Å²) in [6.45, 7) is 8.32. The third-order valence-electron chi connectivity index (χ3n) is 4.03. The maximum Gasteiger partial charge on any atom is 0.410 e. The largest absolute Gasteiger partial charge is 0.506 e. The van der Waals surface area contributed by atoms with E-state index in [9.17, 15) is 9.90 Å². The van der Waals surface area contributed by atoms with Crippen molar-refractivity contribution >= 4 is 11.8 Å². The number of carbonyl (C=O) groups is 1. The lowest BCUT2D eigenvalue weighted by Gasteiger charge is -2.38. The lowest BCUT2D eigenvalue weighted by Crippen LogP contribution is -2.46. The molecule has 3 N–H and O–H groups in total. The summed E-state index contributed by atoms with van der Waals surface area (Å²) in [7, 11) is 0. The first-order chi connectivity index (χ1) is 10.2. The molecule has 1 aromatic carbocycles. The minimum absolute atomic E-state index is 0.105. The number of hydrogen-bond acceptors (Lipinski definition) is 4. The zero-order valence-corrected chi connectivity index (χ0v) is 13.8. The fourth-order valence-corrected chi connectivity index (χ4v) is 2.88. The van der Waals surface area contributed by atoms with Gasteiger partial charge in [-0.1, -0.05) is 6.07 Å². The molecular weight excluding hydrogens is 280 g/mol. The molecule has 0 aliphatic carbocycles. The van der Waals surface area contributed by atoms with Gasteiger partial charge in [0.05, 0.1) is 5.69 Å². The molecule has 1 aliphatic rings. The molecule has 2 rings (SSSR count). The summed E-state index contributed by atoms with van der Waals surface area (Å²) in [5.41, 5.74) is 6.63. The molecule has 1 saturated heterocycles. The van der Waals surface area contributed by atoms with Crippen LogP contribution in [0.4, 0.5) is 10.5 Å². The highest BCUT2D eigenvalue weighted by atomic mass is 16.6. The van der Waals surface area contributed by atoms with Gasteiger partial charge in [0.25, 0.3) is 0 Å². The number of aromatic hydroxyl groups is 1. The van der Waals surface area contributed by atoms with Crippen molar-refractivity contribution in [3.63, 3.8) is 0 Å². The van der Waals surface area contributed by atoms with Crippen molar-refractivity contribution in [1.29, 1.82) is 0 Å². The number of ether oxygens (including phenoxy) is 1. The van der Waals surface area contributed by atoms with Crippen LogP contribution in [0, 0.1) is 0 Å². The standard InChI is InChI=1S/C17H26N2O3/c1-11-9-13(12-5-6-14(18)15(20)10-12)7-8-19(11)16(21)22-17(2,3)4/h5-6,10-11,13,20H,7-9,18H2,1-4H3. The van der Waals surface area contributed by atoms with Gasteiger partial charge >= 0.3 is 6.09 Å². The summed E-state index contributed by atoms with van der Waals surface area (Å²) in [6.07, 6.45) is 1.45. The Hall–Kier alpha value is -1.91. The van der Waals surface area contributed by atoms with Gasteiger partial charge in [-0.2, -0.15) is 0 Å². The molecular formula is C17H26N2O3. The third kappa shape index (κ3) is 3.84. The highest BCUT2D eigenvalue weighted by Gasteiger charge is 2.32. The minimum Gasteiger partial charge on any atom is -0.506 e. The summed E-state index contributed by atoms with van der Waals surface area (Å²) in [6, 6.07) is 5.52. The van der Waals surface area contributed by atoms with Gasteiger partial charge < -0.3 is 20.5 Å². The zero-order chi connectivity index (χ0) is 16.5. The maximum atomic E-state index is 12.2. The summed E-state index contributed by atoms with van der Waals surface area (Å²) >= 11 is 0. The number of phenolic OH excluding ortho intramolecular Hbond substituents is 1. The van der Waals surface area contributed by atoms with E-state index in [-0.39, 0.29) is 17.9 Å². The fourth-order valence-electron chi connectivity index (χ4n) is 2.88. The molecule has 0 radical (unpaired) electrons. The number of amides is 1. The van der Waals surface area contributed by atoms with Crippen LogP contribution in [0.5, 0.6) is 5.75 Å². The lowest BCUT2D eigenvalue weighted by atomic mass is 9.86. The number of nitrogens with zero attached hydrogens (tertiary/aromatic N) is 1. The van der Waals surface area contributed by atoms with Gasteiger partial charge in [-0.15, -0.1) is 0 Å². The SMILES string of the molecule is CC1CC(c2ccc(N)c(O)c2)CCN1C(=O)OC(C)(C)C. The predicted octanol–water partition coefficient (Wildman–Crippen LogP) is 3.48. The third-order valence-corrected chi connectivity index (χ3v) is 4.03. The van der Waals surface area contributed by atoms with E-state index < -0.39 is 5.60 Å². The molecule has 122 valence electrons. The molecule has 1 fully saturated rings. The Morgan fingerprint density at radius 2 is 2.09 bits per heavy atom. The van der Waals surface area contributed by atoms with E-state index in [1.54, 1.807) is 17.0 Å². The van der Waals surface area contributed by atoms with E-state index in [0.717, 1.165) is 18.4 Å². The average Bonchev–Trinajstić information content (AvgIpc) is 2.39. The van der Waals surface area contributed by atoms with Crippen LogP contribution in [0.2, 0.25) is 0 Å². The van der Waals surface area contributed by atoms with Gasteiger partial charge in [0.1, 0.15) is 11.4 Å². The van der Waals surface area contributed by atoms with E-state index >= 15 is 0 Å². The first-order valence-corrected chi connectivity index (χ1v) is 7.75. The summed E-state index contributed by atoms with van der Waals surface area (Å²) < 4.78 is 5.45. The van der Waals surface area contributed by atoms with Gasteiger partial charge in [-0.3, -0.25) is 0 Å². The molecule has 0 spiro atoms. The average molecular weight is 306 g/mol. The van der Waals surface area contributed by atoms with Crippen LogP contribution in [0.1, 0.15) is 52.0 Å². The Morgan fingerprint density at radius 1 is 1.41 bits per heavy atom. The van der Waals surface area contributed by atoms with Crippen molar-refractivity contribution < 1.29 is 14.6 Å². The van der Waals surface area contributed by atoms with Crippen molar-refractivity contribution in [3.8, 4) is 5.75 Å². The van der Waals surface area contributed by atoms with Gasteiger partial charge in [0.15, 0.2) is 0 Å². The maximum absolute atomic E-state index is 12.2. The smallest absolute Gasteiger partial charge is 0.410 e. The summed E-state index contributed by atoms with van der Waals surface area (Å²) in [5.74, 6) is 0.444. The van der Waals surface area contributed by atoms with Crippen LogP contribution in [0.25, 0.3) is 0 Å². The van der Waals surface area contributed by atoms with Crippen molar-refractivity contribution in [2.24, 2.45) is 0 Å². The molecule has 2 unspecified atom stereocenters. The topological polar surface area (TPSA) is 75.8 Å². The number of piperidine rings is 1. The van der Waals surface area contributed by atoms with Crippen LogP contribution in [-0.4, -0.2) is 34.3 Å². The lowest BCUT2D eigenvalue weighted by molar-refractivity contribution is 0.0103. The predicted molar refractivity (Wildman–Crippen MR) is 86.9 cm³/mol. The number of carbonyl (C=O) groups excluding carboxylic acids is 1. The number of anilines is 1. The van der Waals surface area contributed by atoms with Crippen molar-refractivity contribution in [2.75, 3.05) is 12.3 Å². The normalized spacial score (nSPS) is 22.5. The Labute approximate surface area is 132 Å². The Kier molecular flexibility index (Phi) is 4.54. The molecule has 1 aromatic rings. The van der Waals surface area contributed by atoms with Gasteiger partial charge in [0.2, 0.25) is 0 Å². The first-order valence-electron chi connectivity index (χ1n) is 7.75. The quantitative estimate of drug-likeness (QED) is 0.615. The number of phenols is 1. The van der Waals surface area contributed by atoms with Crippen LogP contribution < -0.4 is 5.73 Å². The Bertz CT molecular complexity index is 551. The van der Waals surface area contributed by atoms with Gasteiger partial charge in [-0.05, 0) is 64.2 Å². The highest BCUT2D eigenvalue weighted by molar-refractivity contribution is 5.68. The molecule has 0 saturated carbocycles. The zero-order valence-electron chi connectivity index (χ0n) is 13.8. The molecule has 5 nitrogen and oxygen atoms in total. The van der Waals surface area contributed by atoms with Gasteiger partial charge in [-0.25, -0.2) is 4.79 Å². The molecule has 1 amide bonds. The van der Waals surface area contributed by atoms with E-state index in [4.69, 9.17) is 10.5 Å². The molecule has 1 aliphatic heterocycles. The second kappa shape index (κ2) is 6.07. The number of nitrogen functional groups attached to an aromatic ring is 1. The fraction of sp³-hybridized carbons (Fsp3) is 0.588. The van der Waals surface area contributed by atoms with Crippen LogP contribution in [0.3, 0.4) is 0 Å². The molecule has 0 bridgehead atoms. The Balaban J connectivity index is 2.03. The van der Waals surface area contributed by atoms with Crippen molar-refractivity contribution in [1.82, 2.24) is 4.90 Å². The van der Waals surface area contributed by atoms with Crippen LogP contribution in [-0.2, 0) is 4.74 Å². The number of hydrogen-bond donors (Lipinski definition) is 2. The highest BCUT2D eigenvalue weighted by Crippen LogP contribution is 2.35. The molecule has 22 heavy (non-hydrogen) atoms. The van der Waals surface area contributed by atoms with E-state index in [1.807, 2.05) is 33.8 Å². The number of nitrogens with two attached hydrogens (primary N) is 1. The van der Waals surface area contributed by atoms with Crippen molar-refractivity contribution in [2.45, 2.75) is 58.1 Å². The van der Waals surface area contributed by atoms with E-state index in [2.05, 4.69) is 0 Å². The number of likely N-dealkylation sites (tertiary alicyclic amines) is 1. The molecule has 2 atom stereocenters. The van der Waals surface area contributed by atoms with E-state index in [1.165, 1.54) is 0 Å². The molecule has 1 heterocycles. The summed E-state index contributed by atoms with van der Waals surface area (Å²) in [5, 5.41) is 9.75. The number of benzene rings is 1. The first kappa shape index (κ1) is 16.5. The monoisotopic (exact) mass is 306 g/mol. The molecule has 0 aromatic heterocycles. The van der Waals surface area contributed by atoms with Gasteiger partial charge in [0, 0.05) is 12.6 Å². The van der Waals surface area contributed by atoms with Crippen LogP contribution in [0.15, 0.2) is 18.2 Å². The van der Waals surface area contributed by atoms with Crippen molar-refractivity contribution in [3.05, 3.63) is 23.8 Å². The minimum atomic E-state index is -0.476. The van der Waals surface area contributed by atoms with Crippen LogP contribution >= 0.6 is 0 Å².